The summed E-state index contributed by atoms with van der Waals surface area (Å²) in [5.41, 5.74) is -2.11. The topological polar surface area (TPSA) is 12.9 Å². The largest absolute Gasteiger partial charge is 1.00 e. The van der Waals surface area contributed by atoms with E-state index in [1.54, 1.807) is 0 Å². The van der Waals surface area contributed by atoms with Crippen LogP contribution in [0.4, 0.5) is 26.3 Å². The van der Waals surface area contributed by atoms with Crippen molar-refractivity contribution in [2.75, 3.05) is 0 Å². The van der Waals surface area contributed by atoms with Crippen LogP contribution in [0, 0.1) is 31.4 Å². The summed E-state index contributed by atoms with van der Waals surface area (Å²) in [6, 6.07) is 3.33. The number of nitrogens with zero attached hydrogens (tertiary/aromatic N) is 1. The second-order valence-corrected chi connectivity index (χ2v) is 4.93. The second kappa shape index (κ2) is 9.88. The van der Waals surface area contributed by atoms with E-state index in [0.717, 1.165) is 25.5 Å². The van der Waals surface area contributed by atoms with E-state index in [-0.39, 0.29) is 24.4 Å². The van der Waals surface area contributed by atoms with E-state index in [1.807, 2.05) is 0 Å². The molecule has 132 valence electrons. The Labute approximate surface area is 154 Å². The zero-order valence-electron chi connectivity index (χ0n) is 14.1. The Morgan fingerprint density at radius 1 is 1.00 bits per heavy atom. The summed E-state index contributed by atoms with van der Waals surface area (Å²) < 4.78 is 77.1. The monoisotopic (exact) mass is 355 g/mol. The smallest absolute Gasteiger partial charge is 0.343 e. The molecule has 1 nitrogen and oxygen atoms in total. The van der Waals surface area contributed by atoms with Gasteiger partial charge in [-0.25, -0.2) is 13.8 Å². The molecule has 0 saturated carbocycles. The minimum atomic E-state index is -4.53. The first kappa shape index (κ1) is 23.5. The Morgan fingerprint density at radius 3 is 1.88 bits per heavy atom. The fraction of sp³-hybridized carbons (Fsp3) is 0.294. The molecule has 25 heavy (non-hydrogen) atoms. The molecule has 0 amide bonds. The van der Waals surface area contributed by atoms with E-state index in [1.165, 1.54) is 6.42 Å². The molecule has 0 atom stereocenters. The van der Waals surface area contributed by atoms with Crippen molar-refractivity contribution in [3.8, 4) is 11.3 Å². The molecule has 1 heterocycles. The number of pyridine rings is 1. The number of halogens is 6. The van der Waals surface area contributed by atoms with Crippen molar-refractivity contribution >= 4 is 0 Å². The minimum Gasteiger partial charge on any atom is -0.343 e. The van der Waals surface area contributed by atoms with Crippen LogP contribution in [0.5, 0.6) is 0 Å². The van der Waals surface area contributed by atoms with Gasteiger partial charge < -0.3 is 6.92 Å². The van der Waals surface area contributed by atoms with Crippen molar-refractivity contribution in [2.45, 2.75) is 32.9 Å². The van der Waals surface area contributed by atoms with Gasteiger partial charge in [0, 0.05) is 11.1 Å². The van der Waals surface area contributed by atoms with Gasteiger partial charge in [0.1, 0.15) is 5.69 Å². The Hall–Kier alpha value is -1.45. The Morgan fingerprint density at radius 2 is 1.48 bits per heavy atom. The van der Waals surface area contributed by atoms with Gasteiger partial charge in [0.05, 0.1) is 5.56 Å². The van der Waals surface area contributed by atoms with Crippen LogP contribution < -0.4 is 18.9 Å². The summed E-state index contributed by atoms with van der Waals surface area (Å²) in [6.45, 7) is 6.74. The SMILES string of the molecule is Cc1c(F)c(F)nc(-c2ccc(C(F)(F)F)cc2)c1F.[CH2-]CCC.[Li+]. The summed E-state index contributed by atoms with van der Waals surface area (Å²) in [5.74, 6) is -4.03. The van der Waals surface area contributed by atoms with Gasteiger partial charge >= 0.3 is 25.0 Å². The Bertz CT molecular complexity index is 681. The fourth-order valence-corrected chi connectivity index (χ4v) is 1.63. The molecule has 0 aliphatic carbocycles. The first-order valence-corrected chi connectivity index (χ1v) is 7.11. The third-order valence-electron chi connectivity index (χ3n) is 3.10. The van der Waals surface area contributed by atoms with Gasteiger partial charge in [-0.1, -0.05) is 25.5 Å². The molecule has 0 spiro atoms. The number of hydrogen-bond acceptors (Lipinski definition) is 1. The average molecular weight is 355 g/mol. The molecule has 1 aromatic heterocycles. The van der Waals surface area contributed by atoms with Gasteiger partial charge in [-0.3, -0.25) is 0 Å². The van der Waals surface area contributed by atoms with Gasteiger partial charge in [0.25, 0.3) is 0 Å². The molecule has 0 bridgehead atoms. The van der Waals surface area contributed by atoms with Crippen molar-refractivity contribution in [2.24, 2.45) is 0 Å². The first-order valence-electron chi connectivity index (χ1n) is 7.11. The number of unbranched alkanes of at least 4 members (excludes halogenated alkanes) is 1. The quantitative estimate of drug-likeness (QED) is 0.349. The summed E-state index contributed by atoms with van der Waals surface area (Å²) in [4.78, 5) is 3.10. The zero-order chi connectivity index (χ0) is 18.5. The zero-order valence-corrected chi connectivity index (χ0v) is 14.1. The van der Waals surface area contributed by atoms with Crippen LogP contribution in [-0.2, 0) is 6.18 Å². The summed E-state index contributed by atoms with van der Waals surface area (Å²) in [6.07, 6.45) is -2.26. The molecule has 0 saturated heterocycles. The van der Waals surface area contributed by atoms with Crippen LogP contribution in [0.2, 0.25) is 0 Å². The molecule has 0 radical (unpaired) electrons. The predicted octanol–water partition coefficient (Wildman–Crippen LogP) is 3.12. The van der Waals surface area contributed by atoms with E-state index in [4.69, 9.17) is 0 Å². The maximum absolute atomic E-state index is 13.8. The van der Waals surface area contributed by atoms with E-state index < -0.39 is 40.6 Å². The molecule has 0 aliphatic heterocycles. The fourth-order valence-electron chi connectivity index (χ4n) is 1.63. The predicted molar refractivity (Wildman–Crippen MR) is 79.6 cm³/mol. The number of hydrogen-bond donors (Lipinski definition) is 0. The standard InChI is InChI=1S/C13H7F6N.C4H9.Li/c1-6-9(14)11(20-12(16)10(6)15)7-2-4-8(5-3-7)13(17,18)19;1-3-4-2;/h2-5H,1H3;1,3-4H2,2H3;/q;-1;+1. The van der Waals surface area contributed by atoms with Crippen LogP contribution in [0.25, 0.3) is 11.3 Å². The Balaban J connectivity index is 0.00000104. The molecular formula is C17H16F6LiN. The normalized spacial score (nSPS) is 10.6. The van der Waals surface area contributed by atoms with E-state index in [0.29, 0.717) is 12.1 Å². The van der Waals surface area contributed by atoms with Gasteiger partial charge in [-0.15, -0.1) is 0 Å². The van der Waals surface area contributed by atoms with Crippen LogP contribution in [-0.4, -0.2) is 4.98 Å². The molecule has 8 heteroatoms. The third kappa shape index (κ3) is 6.09. The maximum atomic E-state index is 13.8. The molecule has 1 aromatic carbocycles. The van der Waals surface area contributed by atoms with Crippen molar-refractivity contribution in [3.63, 3.8) is 0 Å². The molecule has 0 N–H and O–H groups in total. The third-order valence-corrected chi connectivity index (χ3v) is 3.10. The number of benzene rings is 1. The number of aromatic nitrogens is 1. The van der Waals surface area contributed by atoms with Crippen LogP contribution in [0.3, 0.4) is 0 Å². The van der Waals surface area contributed by atoms with Gasteiger partial charge in [0.2, 0.25) is 5.95 Å². The van der Waals surface area contributed by atoms with E-state index in [9.17, 15) is 26.3 Å². The van der Waals surface area contributed by atoms with Gasteiger partial charge in [-0.2, -0.15) is 24.0 Å². The molecular weight excluding hydrogens is 339 g/mol. The molecule has 2 aromatic rings. The molecule has 0 aliphatic rings. The van der Waals surface area contributed by atoms with Crippen molar-refractivity contribution < 1.29 is 45.2 Å². The van der Waals surface area contributed by atoms with Crippen molar-refractivity contribution in [1.29, 1.82) is 0 Å². The number of alkyl halides is 3. The molecule has 2 rings (SSSR count). The van der Waals surface area contributed by atoms with Crippen molar-refractivity contribution in [3.05, 3.63) is 59.9 Å². The molecule has 0 unspecified atom stereocenters. The average Bonchev–Trinajstić information content (AvgIpc) is 2.56. The minimum absolute atomic E-state index is 0. The maximum Gasteiger partial charge on any atom is 1.00 e. The molecule has 0 fully saturated rings. The van der Waals surface area contributed by atoms with Gasteiger partial charge in [0.15, 0.2) is 11.6 Å². The van der Waals surface area contributed by atoms with E-state index >= 15 is 0 Å². The number of rotatable bonds is 2. The summed E-state index contributed by atoms with van der Waals surface area (Å²) in [7, 11) is 0. The van der Waals surface area contributed by atoms with E-state index in [2.05, 4.69) is 18.8 Å². The summed E-state index contributed by atoms with van der Waals surface area (Å²) in [5, 5.41) is 0. The van der Waals surface area contributed by atoms with Crippen LogP contribution in [0.1, 0.15) is 30.9 Å². The van der Waals surface area contributed by atoms with Crippen molar-refractivity contribution in [1.82, 2.24) is 4.98 Å². The van der Waals surface area contributed by atoms with Gasteiger partial charge in [-0.05, 0) is 19.1 Å². The van der Waals surface area contributed by atoms with Crippen LogP contribution >= 0.6 is 0 Å². The second-order valence-electron chi connectivity index (χ2n) is 4.93. The Kier molecular flexibility index (Phi) is 9.31. The van der Waals surface area contributed by atoms with Crippen LogP contribution in [0.15, 0.2) is 24.3 Å². The summed E-state index contributed by atoms with van der Waals surface area (Å²) >= 11 is 0. The first-order chi connectivity index (χ1) is 11.1.